The Morgan fingerprint density at radius 1 is 1.13 bits per heavy atom. The minimum Gasteiger partial charge on any atom is -0.493 e. The van der Waals surface area contributed by atoms with E-state index in [1.807, 2.05) is 32.0 Å². The van der Waals surface area contributed by atoms with Gasteiger partial charge in [-0.15, -0.1) is 10.2 Å². The van der Waals surface area contributed by atoms with Crippen LogP contribution in [0.2, 0.25) is 0 Å². The van der Waals surface area contributed by atoms with Crippen molar-refractivity contribution < 1.29 is 19.1 Å². The highest BCUT2D eigenvalue weighted by atomic mass is 32.2. The van der Waals surface area contributed by atoms with E-state index in [1.54, 1.807) is 14.2 Å². The Balaban J connectivity index is 1.74. The van der Waals surface area contributed by atoms with Crippen molar-refractivity contribution in [1.82, 2.24) is 15.5 Å². The Morgan fingerprint density at radius 2 is 1.87 bits per heavy atom. The first-order valence-corrected chi connectivity index (χ1v) is 11.6. The molecule has 0 aliphatic heterocycles. The van der Waals surface area contributed by atoms with E-state index in [-0.39, 0.29) is 23.5 Å². The van der Waals surface area contributed by atoms with Crippen molar-refractivity contribution >= 4 is 40.0 Å². The fourth-order valence-electron chi connectivity index (χ4n) is 2.75. The summed E-state index contributed by atoms with van der Waals surface area (Å²) >= 11 is 2.57. The van der Waals surface area contributed by atoms with E-state index >= 15 is 0 Å². The van der Waals surface area contributed by atoms with Crippen LogP contribution in [0, 0.1) is 5.92 Å². The molecular weight excluding hydrogens is 424 g/mol. The lowest BCUT2D eigenvalue weighted by atomic mass is 10.0. The minimum absolute atomic E-state index is 0.0264. The minimum atomic E-state index is -0.0849. The normalized spacial score (nSPS) is 10.7. The second-order valence-corrected chi connectivity index (χ2v) is 8.65. The van der Waals surface area contributed by atoms with Crippen LogP contribution < -0.4 is 20.1 Å². The zero-order valence-corrected chi connectivity index (χ0v) is 19.3. The van der Waals surface area contributed by atoms with Gasteiger partial charge in [0.2, 0.25) is 16.9 Å². The van der Waals surface area contributed by atoms with Crippen molar-refractivity contribution in [3.63, 3.8) is 0 Å². The largest absolute Gasteiger partial charge is 0.493 e. The number of thioether (sulfide) groups is 1. The number of hydrogen-bond acceptors (Lipinski definition) is 8. The molecule has 0 aliphatic rings. The average molecular weight is 453 g/mol. The third-order valence-corrected chi connectivity index (χ3v) is 6.48. The molecule has 164 valence electrons. The number of carbonyl (C=O) groups is 2. The number of rotatable bonds is 12. The molecule has 1 heterocycles. The third-order valence-electron chi connectivity index (χ3n) is 4.50. The van der Waals surface area contributed by atoms with Gasteiger partial charge in [-0.2, -0.15) is 0 Å². The lowest BCUT2D eigenvalue weighted by Gasteiger charge is -2.10. The van der Waals surface area contributed by atoms with E-state index in [1.165, 1.54) is 23.1 Å². The monoisotopic (exact) mass is 452 g/mol. The highest BCUT2D eigenvalue weighted by Gasteiger charge is 2.16. The summed E-state index contributed by atoms with van der Waals surface area (Å²) in [4.78, 5) is 24.2. The first-order chi connectivity index (χ1) is 14.5. The molecule has 0 bridgehead atoms. The molecule has 10 heteroatoms. The van der Waals surface area contributed by atoms with E-state index in [9.17, 15) is 9.59 Å². The number of hydrogen-bond donors (Lipinski definition) is 2. The molecule has 0 saturated heterocycles. The molecule has 0 saturated carbocycles. The predicted molar refractivity (Wildman–Crippen MR) is 120 cm³/mol. The molecule has 1 aromatic heterocycles. The molecule has 2 rings (SSSR count). The smallest absolute Gasteiger partial charge is 0.230 e. The number of methoxy groups -OCH3 is 2. The van der Waals surface area contributed by atoms with Gasteiger partial charge in [-0.05, 0) is 37.0 Å². The molecule has 0 fully saturated rings. The zero-order valence-electron chi connectivity index (χ0n) is 17.7. The van der Waals surface area contributed by atoms with Crippen molar-refractivity contribution in [2.45, 2.75) is 37.4 Å². The Morgan fingerprint density at radius 3 is 2.53 bits per heavy atom. The third kappa shape index (κ3) is 7.17. The van der Waals surface area contributed by atoms with Crippen LogP contribution in [0.1, 0.15) is 32.3 Å². The van der Waals surface area contributed by atoms with Gasteiger partial charge in [0.1, 0.15) is 0 Å². The molecule has 2 aromatic rings. The number of nitrogens with zero attached hydrogens (tertiary/aromatic N) is 2. The molecule has 8 nitrogen and oxygen atoms in total. The second kappa shape index (κ2) is 12.4. The van der Waals surface area contributed by atoms with E-state index in [2.05, 4.69) is 20.8 Å². The number of amides is 2. The maximum absolute atomic E-state index is 12.1. The van der Waals surface area contributed by atoms with E-state index in [0.29, 0.717) is 33.9 Å². The van der Waals surface area contributed by atoms with Gasteiger partial charge in [0, 0.05) is 12.5 Å². The Hall–Kier alpha value is -2.33. The van der Waals surface area contributed by atoms with Gasteiger partial charge < -0.3 is 20.1 Å². The molecule has 0 radical (unpaired) electrons. The molecule has 0 spiro atoms. The van der Waals surface area contributed by atoms with Crippen LogP contribution in [-0.4, -0.2) is 48.5 Å². The summed E-state index contributed by atoms with van der Waals surface area (Å²) in [5.74, 6) is 1.43. The van der Waals surface area contributed by atoms with Crippen LogP contribution in [0.15, 0.2) is 22.5 Å². The molecule has 1 aromatic carbocycles. The number of aromatic nitrogens is 2. The quantitative estimate of drug-likeness (QED) is 0.376. The predicted octanol–water partition coefficient (Wildman–Crippen LogP) is 3.38. The van der Waals surface area contributed by atoms with E-state index < -0.39 is 0 Å². The van der Waals surface area contributed by atoms with Crippen molar-refractivity contribution in [3.05, 3.63) is 23.8 Å². The molecule has 30 heavy (non-hydrogen) atoms. The van der Waals surface area contributed by atoms with E-state index in [0.717, 1.165) is 18.4 Å². The van der Waals surface area contributed by atoms with Gasteiger partial charge in [-0.25, -0.2) is 0 Å². The van der Waals surface area contributed by atoms with Crippen LogP contribution in [0.25, 0.3) is 0 Å². The summed E-state index contributed by atoms with van der Waals surface area (Å²) in [5.41, 5.74) is 1.04. The topological polar surface area (TPSA) is 102 Å². The summed E-state index contributed by atoms with van der Waals surface area (Å²) in [6.07, 6.45) is 2.25. The first-order valence-electron chi connectivity index (χ1n) is 9.75. The summed E-state index contributed by atoms with van der Waals surface area (Å²) in [6, 6.07) is 5.69. The van der Waals surface area contributed by atoms with Gasteiger partial charge in [0.25, 0.3) is 0 Å². The average Bonchev–Trinajstić information content (AvgIpc) is 3.20. The van der Waals surface area contributed by atoms with Crippen LogP contribution in [0.3, 0.4) is 0 Å². The van der Waals surface area contributed by atoms with Crippen molar-refractivity contribution in [1.29, 1.82) is 0 Å². The lowest BCUT2D eigenvalue weighted by molar-refractivity contribution is -0.120. The van der Waals surface area contributed by atoms with Gasteiger partial charge >= 0.3 is 0 Å². The first kappa shape index (κ1) is 23.9. The number of carbonyl (C=O) groups excluding carboxylic acids is 2. The zero-order chi connectivity index (χ0) is 21.9. The summed E-state index contributed by atoms with van der Waals surface area (Å²) in [6.45, 7) is 4.49. The van der Waals surface area contributed by atoms with Crippen molar-refractivity contribution in [3.8, 4) is 11.5 Å². The number of ether oxygens (including phenoxy) is 2. The maximum atomic E-state index is 12.1. The second-order valence-electron chi connectivity index (χ2n) is 6.45. The molecule has 0 unspecified atom stereocenters. The van der Waals surface area contributed by atoms with E-state index in [4.69, 9.17) is 9.47 Å². The van der Waals surface area contributed by atoms with Crippen LogP contribution in [-0.2, 0) is 16.0 Å². The molecule has 0 aliphatic carbocycles. The fraction of sp³-hybridized carbons (Fsp3) is 0.500. The molecule has 2 N–H and O–H groups in total. The highest BCUT2D eigenvalue weighted by Crippen LogP contribution is 2.28. The standard InChI is InChI=1S/C20H28N4O4S2/c1-5-14(6-2)18(26)22-19-23-24-20(30-19)29-12-17(25)21-10-9-13-7-8-15(27-3)16(11-13)28-4/h7-8,11,14H,5-6,9-10,12H2,1-4H3,(H,21,25)(H,22,23,26). The van der Waals surface area contributed by atoms with Crippen molar-refractivity contribution in [2.75, 3.05) is 31.8 Å². The number of anilines is 1. The van der Waals surface area contributed by atoms with Gasteiger partial charge in [-0.3, -0.25) is 9.59 Å². The molecule has 0 atom stereocenters. The summed E-state index contributed by atoms with van der Waals surface area (Å²) in [5, 5.41) is 14.2. The Labute approximate surface area is 185 Å². The van der Waals surface area contributed by atoms with Crippen molar-refractivity contribution in [2.24, 2.45) is 5.92 Å². The lowest BCUT2D eigenvalue weighted by Crippen LogP contribution is -2.27. The van der Waals surface area contributed by atoms with Crippen LogP contribution >= 0.6 is 23.1 Å². The fourth-order valence-corrected chi connectivity index (χ4v) is 4.33. The van der Waals surface area contributed by atoms with Gasteiger partial charge in [0.15, 0.2) is 15.8 Å². The highest BCUT2D eigenvalue weighted by molar-refractivity contribution is 8.01. The van der Waals surface area contributed by atoms with Gasteiger partial charge in [0.05, 0.1) is 20.0 Å². The Bertz CT molecular complexity index is 840. The van der Waals surface area contributed by atoms with Crippen LogP contribution in [0.5, 0.6) is 11.5 Å². The maximum Gasteiger partial charge on any atom is 0.230 e. The summed E-state index contributed by atoms with van der Waals surface area (Å²) < 4.78 is 11.2. The van der Waals surface area contributed by atoms with Crippen LogP contribution in [0.4, 0.5) is 5.13 Å². The number of benzene rings is 1. The summed E-state index contributed by atoms with van der Waals surface area (Å²) in [7, 11) is 3.19. The Kier molecular flexibility index (Phi) is 9.88. The molecular formula is C20H28N4O4S2. The molecule has 2 amide bonds. The van der Waals surface area contributed by atoms with Gasteiger partial charge in [-0.1, -0.05) is 43.0 Å². The SMILES string of the molecule is CCC(CC)C(=O)Nc1nnc(SCC(=O)NCCc2ccc(OC)c(OC)c2)s1. The number of nitrogens with one attached hydrogen (secondary N) is 2.